The summed E-state index contributed by atoms with van der Waals surface area (Å²) in [6.07, 6.45) is 4.79. The van der Waals surface area contributed by atoms with E-state index in [9.17, 15) is 5.11 Å². The van der Waals surface area contributed by atoms with Gasteiger partial charge in [0.15, 0.2) is 0 Å². The lowest BCUT2D eigenvalue weighted by Gasteiger charge is -2.24. The number of benzene rings is 1. The van der Waals surface area contributed by atoms with E-state index in [0.29, 0.717) is 12.3 Å². The van der Waals surface area contributed by atoms with Crippen LogP contribution >= 0.6 is 0 Å². The summed E-state index contributed by atoms with van der Waals surface area (Å²) < 4.78 is 7.10. The van der Waals surface area contributed by atoms with Crippen molar-refractivity contribution in [2.24, 2.45) is 7.05 Å². The summed E-state index contributed by atoms with van der Waals surface area (Å²) in [5, 5.41) is 14.6. The van der Waals surface area contributed by atoms with Crippen molar-refractivity contribution in [2.45, 2.75) is 19.2 Å². The molecule has 1 atom stereocenters. The Bertz CT molecular complexity index is 707. The third kappa shape index (κ3) is 4.31. The van der Waals surface area contributed by atoms with Crippen LogP contribution in [0.5, 0.6) is 0 Å². The van der Waals surface area contributed by atoms with Gasteiger partial charge in [-0.2, -0.15) is 5.10 Å². The van der Waals surface area contributed by atoms with Crippen LogP contribution in [0, 0.1) is 0 Å². The van der Waals surface area contributed by atoms with Gasteiger partial charge in [0.05, 0.1) is 12.5 Å². The molecule has 1 N–H and O–H groups in total. The molecule has 1 aromatic carbocycles. The molecule has 2 aromatic heterocycles. The number of aromatic nitrogens is 2. The van der Waals surface area contributed by atoms with Crippen molar-refractivity contribution in [3.63, 3.8) is 0 Å². The minimum atomic E-state index is -0.648. The number of nitrogens with zero attached hydrogens (tertiary/aromatic N) is 3. The molecule has 0 aliphatic heterocycles. The molecule has 0 fully saturated rings. The third-order valence-corrected chi connectivity index (χ3v) is 3.72. The molecule has 0 aliphatic carbocycles. The smallest absolute Gasteiger partial charge is 0.133 e. The molecule has 0 spiro atoms. The number of hydrogen-bond donors (Lipinski definition) is 1. The molecule has 0 saturated carbocycles. The SMILES string of the molecule is Cn1cc(CN(Cc2ccccc2)C[C@H](O)c2ccco2)cn1. The highest BCUT2D eigenvalue weighted by atomic mass is 16.4. The van der Waals surface area contributed by atoms with E-state index in [4.69, 9.17) is 4.42 Å². The summed E-state index contributed by atoms with van der Waals surface area (Å²) in [5.74, 6) is 0.592. The average molecular weight is 311 g/mol. The largest absolute Gasteiger partial charge is 0.467 e. The highest BCUT2D eigenvalue weighted by Gasteiger charge is 2.17. The van der Waals surface area contributed by atoms with Crippen molar-refractivity contribution in [3.05, 3.63) is 78.0 Å². The molecule has 0 radical (unpaired) electrons. The molecule has 5 nitrogen and oxygen atoms in total. The standard InChI is InChI=1S/C18H21N3O2/c1-20-11-16(10-19-20)13-21(12-15-6-3-2-4-7-15)14-17(22)18-8-5-9-23-18/h2-11,17,22H,12-14H2,1H3/t17-/m0/s1. The van der Waals surface area contributed by atoms with Gasteiger partial charge in [0.2, 0.25) is 0 Å². The van der Waals surface area contributed by atoms with Crippen LogP contribution < -0.4 is 0 Å². The van der Waals surface area contributed by atoms with Crippen molar-refractivity contribution < 1.29 is 9.52 Å². The highest BCUT2D eigenvalue weighted by molar-refractivity contribution is 5.15. The first-order valence-corrected chi connectivity index (χ1v) is 7.66. The van der Waals surface area contributed by atoms with Gasteiger partial charge in [0.1, 0.15) is 11.9 Å². The van der Waals surface area contributed by atoms with Crippen molar-refractivity contribution in [1.82, 2.24) is 14.7 Å². The number of hydrogen-bond acceptors (Lipinski definition) is 4. The molecule has 0 saturated heterocycles. The summed E-state index contributed by atoms with van der Waals surface area (Å²) in [5.41, 5.74) is 2.33. The van der Waals surface area contributed by atoms with Gasteiger partial charge < -0.3 is 9.52 Å². The first-order valence-electron chi connectivity index (χ1n) is 7.66. The van der Waals surface area contributed by atoms with E-state index in [1.807, 2.05) is 37.6 Å². The Hall–Kier alpha value is -2.37. The van der Waals surface area contributed by atoms with Gasteiger partial charge in [-0.3, -0.25) is 9.58 Å². The molecule has 0 unspecified atom stereocenters. The maximum Gasteiger partial charge on any atom is 0.133 e. The molecule has 5 heteroatoms. The zero-order valence-corrected chi connectivity index (χ0v) is 13.2. The topological polar surface area (TPSA) is 54.4 Å². The maximum absolute atomic E-state index is 10.4. The van der Waals surface area contributed by atoms with Crippen LogP contribution in [0.15, 0.2) is 65.5 Å². The van der Waals surface area contributed by atoms with Crippen LogP contribution in [-0.4, -0.2) is 26.3 Å². The predicted molar refractivity (Wildman–Crippen MR) is 87.4 cm³/mol. The zero-order valence-electron chi connectivity index (χ0n) is 13.2. The second-order valence-corrected chi connectivity index (χ2v) is 5.71. The van der Waals surface area contributed by atoms with E-state index >= 15 is 0 Å². The van der Waals surface area contributed by atoms with Crippen LogP contribution in [0.1, 0.15) is 23.0 Å². The summed E-state index contributed by atoms with van der Waals surface area (Å²) in [6, 6.07) is 13.8. The molecule has 2 heterocycles. The Morgan fingerprint density at radius 3 is 2.57 bits per heavy atom. The second-order valence-electron chi connectivity index (χ2n) is 5.71. The van der Waals surface area contributed by atoms with E-state index in [0.717, 1.165) is 18.7 Å². The van der Waals surface area contributed by atoms with Gasteiger partial charge in [0, 0.05) is 38.4 Å². The Morgan fingerprint density at radius 2 is 1.91 bits per heavy atom. The van der Waals surface area contributed by atoms with Gasteiger partial charge >= 0.3 is 0 Å². The van der Waals surface area contributed by atoms with Crippen molar-refractivity contribution in [2.75, 3.05) is 6.54 Å². The molecular formula is C18H21N3O2. The number of rotatable bonds is 7. The molecule has 120 valence electrons. The summed E-state index contributed by atoms with van der Waals surface area (Å²) in [7, 11) is 1.91. The van der Waals surface area contributed by atoms with Crippen molar-refractivity contribution >= 4 is 0 Å². The quantitative estimate of drug-likeness (QED) is 0.729. The molecular weight excluding hydrogens is 290 g/mol. The molecule has 23 heavy (non-hydrogen) atoms. The van der Waals surface area contributed by atoms with Crippen molar-refractivity contribution in [3.8, 4) is 0 Å². The fraction of sp³-hybridized carbons (Fsp3) is 0.278. The number of furan rings is 1. The fourth-order valence-corrected chi connectivity index (χ4v) is 2.65. The average Bonchev–Trinajstić information content (AvgIpc) is 3.20. The normalized spacial score (nSPS) is 12.7. The number of aliphatic hydroxyl groups is 1. The molecule has 0 aliphatic rings. The number of aliphatic hydroxyl groups excluding tert-OH is 1. The van der Waals surface area contributed by atoms with Gasteiger partial charge in [-0.05, 0) is 17.7 Å². The Morgan fingerprint density at radius 1 is 1.13 bits per heavy atom. The Kier molecular flexibility index (Phi) is 4.90. The summed E-state index contributed by atoms with van der Waals surface area (Å²) in [4.78, 5) is 2.19. The molecule has 0 bridgehead atoms. The molecule has 3 rings (SSSR count). The Balaban J connectivity index is 1.72. The third-order valence-electron chi connectivity index (χ3n) is 3.72. The van der Waals surface area contributed by atoms with E-state index in [1.165, 1.54) is 5.56 Å². The first-order chi connectivity index (χ1) is 11.2. The van der Waals surface area contributed by atoms with Crippen LogP contribution in [0.2, 0.25) is 0 Å². The lowest BCUT2D eigenvalue weighted by atomic mass is 10.1. The highest BCUT2D eigenvalue weighted by Crippen LogP contribution is 2.18. The van der Waals surface area contributed by atoms with E-state index in [-0.39, 0.29) is 0 Å². The van der Waals surface area contributed by atoms with E-state index in [1.54, 1.807) is 23.1 Å². The minimum Gasteiger partial charge on any atom is -0.467 e. The number of aryl methyl sites for hydroxylation is 1. The van der Waals surface area contributed by atoms with E-state index < -0.39 is 6.10 Å². The Labute approximate surface area is 135 Å². The monoisotopic (exact) mass is 311 g/mol. The maximum atomic E-state index is 10.4. The van der Waals surface area contributed by atoms with Crippen LogP contribution in [0.3, 0.4) is 0 Å². The van der Waals surface area contributed by atoms with Crippen molar-refractivity contribution in [1.29, 1.82) is 0 Å². The predicted octanol–water partition coefficient (Wildman–Crippen LogP) is 2.75. The van der Waals surface area contributed by atoms with Gasteiger partial charge in [0.25, 0.3) is 0 Å². The molecule has 0 amide bonds. The van der Waals surface area contributed by atoms with Crippen LogP contribution in [0.25, 0.3) is 0 Å². The lowest BCUT2D eigenvalue weighted by Crippen LogP contribution is -2.27. The van der Waals surface area contributed by atoms with Crippen LogP contribution in [0.4, 0.5) is 0 Å². The van der Waals surface area contributed by atoms with E-state index in [2.05, 4.69) is 22.1 Å². The summed E-state index contributed by atoms with van der Waals surface area (Å²) >= 11 is 0. The zero-order chi connectivity index (χ0) is 16.1. The van der Waals surface area contributed by atoms with Crippen LogP contribution in [-0.2, 0) is 20.1 Å². The first kappa shape index (κ1) is 15.5. The molecule has 3 aromatic rings. The fourth-order valence-electron chi connectivity index (χ4n) is 2.65. The van der Waals surface area contributed by atoms with Gasteiger partial charge in [-0.1, -0.05) is 30.3 Å². The second kappa shape index (κ2) is 7.26. The van der Waals surface area contributed by atoms with Gasteiger partial charge in [-0.15, -0.1) is 0 Å². The minimum absolute atomic E-state index is 0.497. The summed E-state index contributed by atoms with van der Waals surface area (Å²) in [6.45, 7) is 1.98. The van der Waals surface area contributed by atoms with Gasteiger partial charge in [-0.25, -0.2) is 0 Å². The lowest BCUT2D eigenvalue weighted by molar-refractivity contribution is 0.0873.